The number of hydrogen-bond donors (Lipinski definition) is 1. The number of rotatable bonds is 5. The standard InChI is InChI=1S/C47H38N2/c1-4-35(32-48)39-24-22-36-23-25-40(30-43(36)29-39)38-15-7-5-8-16-41-31-42(47-21-13-17-37-14-11-12-20-46(37)47)26-27-45(41)34(3)49(33(2)28-38)44-18-9-6-10-19-44/h4,6-32H,1-3,5,48H2/b15-7-,16-8-,35-32+,38-28+. The molecular formula is C47H38N2. The van der Waals surface area contributed by atoms with E-state index in [1.807, 2.05) is 6.07 Å². The molecule has 2 heteroatoms. The van der Waals surface area contributed by atoms with E-state index in [9.17, 15) is 0 Å². The SMILES string of the molecule is C=C/C(=C\N)c1ccc2ccc(C3=C/C(=C)N(c4ccccc4)C(=C)c4ccc(-c5cccc6ccccc56)cc4/C=C\C/C=C\3)cc2c1. The quantitative estimate of drug-likeness (QED) is 0.192. The van der Waals surface area contributed by atoms with E-state index in [0.717, 1.165) is 67.7 Å². The van der Waals surface area contributed by atoms with Gasteiger partial charge in [-0.1, -0.05) is 147 Å². The smallest absolute Gasteiger partial charge is 0.0467 e. The van der Waals surface area contributed by atoms with Crippen molar-refractivity contribution in [3.63, 3.8) is 0 Å². The van der Waals surface area contributed by atoms with Gasteiger partial charge in [-0.05, 0) is 103 Å². The van der Waals surface area contributed by atoms with E-state index in [4.69, 9.17) is 5.73 Å². The summed E-state index contributed by atoms with van der Waals surface area (Å²) in [6.45, 7) is 13.2. The van der Waals surface area contributed by atoms with Crippen molar-refractivity contribution in [2.45, 2.75) is 6.42 Å². The third-order valence-electron chi connectivity index (χ3n) is 9.13. The Kier molecular flexibility index (Phi) is 8.78. The Morgan fingerprint density at radius 3 is 2.24 bits per heavy atom. The molecule has 6 aromatic carbocycles. The molecule has 0 saturated carbocycles. The molecule has 0 amide bonds. The number of para-hydroxylation sites is 1. The highest BCUT2D eigenvalue weighted by molar-refractivity contribution is 5.98. The van der Waals surface area contributed by atoms with Crippen molar-refractivity contribution in [2.75, 3.05) is 4.90 Å². The molecule has 49 heavy (non-hydrogen) atoms. The predicted octanol–water partition coefficient (Wildman–Crippen LogP) is 12.2. The van der Waals surface area contributed by atoms with E-state index >= 15 is 0 Å². The number of allylic oxidation sites excluding steroid dienone is 7. The van der Waals surface area contributed by atoms with Gasteiger partial charge in [-0.25, -0.2) is 0 Å². The van der Waals surface area contributed by atoms with Crippen LogP contribution in [0.5, 0.6) is 0 Å². The maximum Gasteiger partial charge on any atom is 0.0467 e. The van der Waals surface area contributed by atoms with E-state index in [1.165, 1.54) is 21.9 Å². The van der Waals surface area contributed by atoms with E-state index in [-0.39, 0.29) is 0 Å². The molecule has 0 unspecified atom stereocenters. The Morgan fingerprint density at radius 1 is 0.653 bits per heavy atom. The van der Waals surface area contributed by atoms with Gasteiger partial charge in [0.25, 0.3) is 0 Å². The van der Waals surface area contributed by atoms with Crippen molar-refractivity contribution in [3.05, 3.63) is 212 Å². The monoisotopic (exact) mass is 630 g/mol. The molecule has 0 fully saturated rings. The van der Waals surface area contributed by atoms with Gasteiger partial charge in [0.1, 0.15) is 0 Å². The van der Waals surface area contributed by atoms with Crippen LogP contribution >= 0.6 is 0 Å². The van der Waals surface area contributed by atoms with Crippen LogP contribution in [-0.2, 0) is 0 Å². The van der Waals surface area contributed by atoms with Gasteiger partial charge in [-0.3, -0.25) is 0 Å². The molecule has 1 aliphatic rings. The maximum absolute atomic E-state index is 5.88. The van der Waals surface area contributed by atoms with E-state index in [0.29, 0.717) is 0 Å². The first-order valence-corrected chi connectivity index (χ1v) is 16.5. The summed E-state index contributed by atoms with van der Waals surface area (Å²) < 4.78 is 0. The van der Waals surface area contributed by atoms with Crippen molar-refractivity contribution in [3.8, 4) is 11.1 Å². The van der Waals surface area contributed by atoms with E-state index in [1.54, 1.807) is 12.3 Å². The van der Waals surface area contributed by atoms with Crippen molar-refractivity contribution < 1.29 is 0 Å². The normalized spacial score (nSPS) is 16.3. The molecule has 0 bridgehead atoms. The molecule has 236 valence electrons. The number of anilines is 1. The Hall–Kier alpha value is -6.38. The number of nitrogens with zero attached hydrogens (tertiary/aromatic N) is 1. The van der Waals surface area contributed by atoms with Crippen LogP contribution in [0.15, 0.2) is 189 Å². The zero-order valence-electron chi connectivity index (χ0n) is 27.5. The molecule has 1 aliphatic heterocycles. The molecule has 0 aliphatic carbocycles. The van der Waals surface area contributed by atoms with Crippen LogP contribution in [0.4, 0.5) is 5.69 Å². The fourth-order valence-electron chi connectivity index (χ4n) is 6.63. The minimum atomic E-state index is 0.776. The van der Waals surface area contributed by atoms with Crippen LogP contribution in [0.25, 0.3) is 55.6 Å². The van der Waals surface area contributed by atoms with Crippen LogP contribution < -0.4 is 10.6 Å². The fourth-order valence-corrected chi connectivity index (χ4v) is 6.63. The molecule has 0 atom stereocenters. The summed E-state index contributed by atoms with van der Waals surface area (Å²) in [6.07, 6.45) is 15.2. The molecule has 1 heterocycles. The summed E-state index contributed by atoms with van der Waals surface area (Å²) in [4.78, 5) is 2.15. The zero-order chi connectivity index (χ0) is 33.7. The molecular weight excluding hydrogens is 593 g/mol. The lowest BCUT2D eigenvalue weighted by Gasteiger charge is -2.29. The molecule has 0 radical (unpaired) electrons. The number of benzene rings is 6. The molecule has 2 N–H and O–H groups in total. The Bertz CT molecular complexity index is 2360. The van der Waals surface area contributed by atoms with E-state index in [2.05, 4.69) is 176 Å². The van der Waals surface area contributed by atoms with Gasteiger partial charge in [0, 0.05) is 28.8 Å². The van der Waals surface area contributed by atoms with Gasteiger partial charge in [-0.15, -0.1) is 0 Å². The number of hydrogen-bond acceptors (Lipinski definition) is 2. The first-order chi connectivity index (χ1) is 24.0. The molecule has 7 rings (SSSR count). The minimum Gasteiger partial charge on any atom is -0.404 e. The highest BCUT2D eigenvalue weighted by Gasteiger charge is 2.19. The fraction of sp³-hybridized carbons (Fsp3) is 0.0213. The lowest BCUT2D eigenvalue weighted by molar-refractivity contribution is 1.23. The van der Waals surface area contributed by atoms with Gasteiger partial charge in [0.2, 0.25) is 0 Å². The van der Waals surface area contributed by atoms with Crippen LogP contribution in [0, 0.1) is 0 Å². The molecule has 6 aromatic rings. The molecule has 0 spiro atoms. The topological polar surface area (TPSA) is 29.3 Å². The first kappa shape index (κ1) is 31.2. The second-order valence-corrected chi connectivity index (χ2v) is 12.2. The Balaban J connectivity index is 1.34. The molecule has 0 aromatic heterocycles. The van der Waals surface area contributed by atoms with Crippen molar-refractivity contribution >= 4 is 50.2 Å². The third kappa shape index (κ3) is 6.33. The highest BCUT2D eigenvalue weighted by Crippen LogP contribution is 2.37. The maximum atomic E-state index is 5.88. The van der Waals surface area contributed by atoms with Crippen LogP contribution in [0.3, 0.4) is 0 Å². The van der Waals surface area contributed by atoms with Crippen molar-refractivity contribution in [1.82, 2.24) is 0 Å². The summed E-state index contributed by atoms with van der Waals surface area (Å²) in [5, 5.41) is 4.75. The van der Waals surface area contributed by atoms with Crippen LogP contribution in [0.2, 0.25) is 0 Å². The zero-order valence-corrected chi connectivity index (χ0v) is 27.5. The van der Waals surface area contributed by atoms with Crippen LogP contribution in [0.1, 0.15) is 28.7 Å². The lowest BCUT2D eigenvalue weighted by Crippen LogP contribution is -2.19. The highest BCUT2D eigenvalue weighted by atomic mass is 15.1. The van der Waals surface area contributed by atoms with Gasteiger partial charge < -0.3 is 10.6 Å². The summed E-state index contributed by atoms with van der Waals surface area (Å²) in [5.41, 5.74) is 17.2. The number of fused-ring (bicyclic) bond motifs is 3. The average Bonchev–Trinajstić information content (AvgIpc) is 3.14. The van der Waals surface area contributed by atoms with Crippen molar-refractivity contribution in [2.24, 2.45) is 5.73 Å². The average molecular weight is 631 g/mol. The predicted molar refractivity (Wildman–Crippen MR) is 214 cm³/mol. The van der Waals surface area contributed by atoms with E-state index < -0.39 is 0 Å². The summed E-state index contributed by atoms with van der Waals surface area (Å²) >= 11 is 0. The Morgan fingerprint density at radius 2 is 1.41 bits per heavy atom. The summed E-state index contributed by atoms with van der Waals surface area (Å²) in [7, 11) is 0. The second kappa shape index (κ2) is 13.8. The summed E-state index contributed by atoms with van der Waals surface area (Å²) in [6, 6.07) is 45.0. The Labute approximate surface area is 289 Å². The molecule has 2 nitrogen and oxygen atoms in total. The second-order valence-electron chi connectivity index (χ2n) is 12.2. The first-order valence-electron chi connectivity index (χ1n) is 16.5. The van der Waals surface area contributed by atoms with Gasteiger partial charge in [0.15, 0.2) is 0 Å². The van der Waals surface area contributed by atoms with Crippen molar-refractivity contribution in [1.29, 1.82) is 0 Å². The summed E-state index contributed by atoms with van der Waals surface area (Å²) in [5.74, 6) is 0. The number of nitrogens with two attached hydrogens (primary N) is 1. The van der Waals surface area contributed by atoms with Gasteiger partial charge in [0.05, 0.1) is 0 Å². The third-order valence-corrected chi connectivity index (χ3v) is 9.13. The van der Waals surface area contributed by atoms with Gasteiger partial charge in [-0.2, -0.15) is 0 Å². The van der Waals surface area contributed by atoms with Crippen LogP contribution in [-0.4, -0.2) is 0 Å². The lowest BCUT2D eigenvalue weighted by atomic mass is 9.93. The minimum absolute atomic E-state index is 0.776. The van der Waals surface area contributed by atoms with Gasteiger partial charge >= 0.3 is 0 Å². The molecule has 0 saturated heterocycles. The largest absolute Gasteiger partial charge is 0.404 e.